The quantitative estimate of drug-likeness (QED) is 0.261. The average molecular weight is 486 g/mol. The van der Waals surface area contributed by atoms with Crippen LogP contribution in [0.1, 0.15) is 44.7 Å². The Balaban J connectivity index is 1.56. The molecule has 4 aromatic rings. The van der Waals surface area contributed by atoms with Gasteiger partial charge in [-0.3, -0.25) is 0 Å². The SMILES string of the molecule is CCCCSc1n[nH]c2c3sc4nc(N5CCOCC5)c5c(c4c3nc[n+]12)CC(C)(C)OC5. The summed E-state index contributed by atoms with van der Waals surface area (Å²) in [6.45, 7) is 10.3. The summed E-state index contributed by atoms with van der Waals surface area (Å²) in [5.41, 5.74) is 4.33. The van der Waals surface area contributed by atoms with Crippen LogP contribution in [0.3, 0.4) is 0 Å². The maximum atomic E-state index is 6.24. The van der Waals surface area contributed by atoms with E-state index in [4.69, 9.17) is 19.4 Å². The molecular weight excluding hydrogens is 456 g/mol. The van der Waals surface area contributed by atoms with Crippen molar-refractivity contribution in [2.45, 2.75) is 57.4 Å². The zero-order valence-corrected chi connectivity index (χ0v) is 20.9. The predicted molar refractivity (Wildman–Crippen MR) is 131 cm³/mol. The number of ether oxygens (including phenoxy) is 2. The number of nitrogens with zero attached hydrogens (tertiary/aromatic N) is 5. The zero-order chi connectivity index (χ0) is 22.6. The number of anilines is 1. The normalized spacial score (nSPS) is 18.5. The number of hydrogen-bond donors (Lipinski definition) is 1. The highest BCUT2D eigenvalue weighted by Gasteiger charge is 2.34. The van der Waals surface area contributed by atoms with Gasteiger partial charge >= 0.3 is 5.16 Å². The van der Waals surface area contributed by atoms with E-state index in [1.807, 2.05) is 6.33 Å². The summed E-state index contributed by atoms with van der Waals surface area (Å²) in [6, 6.07) is 0. The first-order valence-electron chi connectivity index (χ1n) is 11.7. The summed E-state index contributed by atoms with van der Waals surface area (Å²) >= 11 is 3.49. The number of hydrogen-bond acceptors (Lipinski definition) is 8. The van der Waals surface area contributed by atoms with E-state index in [1.165, 1.54) is 29.4 Å². The third-order valence-electron chi connectivity index (χ3n) is 6.48. The van der Waals surface area contributed by atoms with Gasteiger partial charge < -0.3 is 14.4 Å². The Morgan fingerprint density at radius 1 is 1.27 bits per heavy atom. The van der Waals surface area contributed by atoms with Gasteiger partial charge in [0.15, 0.2) is 5.52 Å². The topological polar surface area (TPSA) is 80.3 Å². The van der Waals surface area contributed by atoms with Crippen LogP contribution in [0.15, 0.2) is 11.5 Å². The molecule has 0 amide bonds. The molecule has 0 unspecified atom stereocenters. The molecule has 10 heteroatoms. The summed E-state index contributed by atoms with van der Waals surface area (Å²) in [5.74, 6) is 2.10. The van der Waals surface area contributed by atoms with Gasteiger partial charge in [0.2, 0.25) is 6.33 Å². The molecule has 1 fully saturated rings. The Labute approximate surface area is 200 Å². The fourth-order valence-corrected chi connectivity index (χ4v) is 6.86. The molecule has 0 aromatic carbocycles. The average Bonchev–Trinajstić information content (AvgIpc) is 3.40. The fraction of sp³-hybridized carbons (Fsp3) is 0.565. The van der Waals surface area contributed by atoms with Gasteiger partial charge in [0, 0.05) is 35.9 Å². The predicted octanol–water partition coefficient (Wildman–Crippen LogP) is 3.89. The Morgan fingerprint density at radius 3 is 2.94 bits per heavy atom. The molecule has 1 saturated heterocycles. The number of nitrogens with one attached hydrogen (secondary N) is 1. The van der Waals surface area contributed by atoms with Gasteiger partial charge in [-0.25, -0.2) is 4.98 Å². The minimum atomic E-state index is -0.215. The standard InChI is InChI=1S/C23H28N6O2S2/c1-4-5-10-32-22-27-26-20-18-17(24-13-29(20)22)16-14-11-23(2,3)31-12-15(14)19(25-21(16)33-18)28-6-8-30-9-7-28/h13H,4-12H2,1-3H3/p+1. The lowest BCUT2D eigenvalue weighted by atomic mass is 9.90. The summed E-state index contributed by atoms with van der Waals surface area (Å²) in [5, 5.41) is 10.0. The van der Waals surface area contributed by atoms with Gasteiger partial charge in [-0.2, -0.15) is 9.50 Å². The second kappa shape index (κ2) is 8.33. The van der Waals surface area contributed by atoms with E-state index >= 15 is 0 Å². The van der Waals surface area contributed by atoms with Gasteiger partial charge in [-0.15, -0.1) is 16.3 Å². The number of unbranched alkanes of at least 4 members (excludes halogenated alkanes) is 1. The van der Waals surface area contributed by atoms with E-state index in [0.29, 0.717) is 6.61 Å². The molecule has 4 aromatic heterocycles. The van der Waals surface area contributed by atoms with E-state index in [1.54, 1.807) is 23.1 Å². The third kappa shape index (κ3) is 3.67. The maximum Gasteiger partial charge on any atom is 0.306 e. The summed E-state index contributed by atoms with van der Waals surface area (Å²) in [4.78, 5) is 13.5. The van der Waals surface area contributed by atoms with Crippen LogP contribution in [-0.4, -0.2) is 57.8 Å². The number of aromatic nitrogens is 5. The summed E-state index contributed by atoms with van der Waals surface area (Å²) in [7, 11) is 0. The van der Waals surface area contributed by atoms with Crippen molar-refractivity contribution in [3.8, 4) is 0 Å². The largest absolute Gasteiger partial charge is 0.378 e. The molecule has 0 aliphatic carbocycles. The van der Waals surface area contributed by atoms with Crippen molar-refractivity contribution in [1.82, 2.24) is 20.2 Å². The van der Waals surface area contributed by atoms with E-state index < -0.39 is 0 Å². The first-order chi connectivity index (χ1) is 16.1. The van der Waals surface area contributed by atoms with E-state index in [0.717, 1.165) is 70.1 Å². The van der Waals surface area contributed by atoms with E-state index in [-0.39, 0.29) is 5.60 Å². The van der Waals surface area contributed by atoms with Crippen molar-refractivity contribution >= 4 is 55.0 Å². The number of H-pyrrole nitrogens is 1. The van der Waals surface area contributed by atoms with Gasteiger partial charge in [0.25, 0.3) is 5.65 Å². The molecule has 0 saturated carbocycles. The van der Waals surface area contributed by atoms with Crippen LogP contribution in [0.4, 0.5) is 5.82 Å². The molecule has 0 spiro atoms. The monoisotopic (exact) mass is 485 g/mol. The number of fused-ring (bicyclic) bond motifs is 7. The van der Waals surface area contributed by atoms with Gasteiger partial charge in [-0.05, 0) is 25.8 Å². The number of thiophene rings is 1. The lowest BCUT2D eigenvalue weighted by Gasteiger charge is -2.36. The van der Waals surface area contributed by atoms with Crippen molar-refractivity contribution in [2.24, 2.45) is 0 Å². The molecule has 2 aliphatic rings. The Bertz CT molecular complexity index is 1340. The second-order valence-electron chi connectivity index (χ2n) is 9.35. The summed E-state index contributed by atoms with van der Waals surface area (Å²) < 4.78 is 15.0. The van der Waals surface area contributed by atoms with Crippen LogP contribution >= 0.6 is 23.1 Å². The van der Waals surface area contributed by atoms with Gasteiger partial charge in [0.05, 0.1) is 30.8 Å². The highest BCUT2D eigenvalue weighted by atomic mass is 32.2. The first-order valence-corrected chi connectivity index (χ1v) is 13.5. The number of rotatable bonds is 5. The molecular formula is C23H29N6O2S2+. The zero-order valence-electron chi connectivity index (χ0n) is 19.3. The molecule has 0 radical (unpaired) electrons. The van der Waals surface area contributed by atoms with Crippen molar-refractivity contribution < 1.29 is 13.9 Å². The van der Waals surface area contributed by atoms with Gasteiger partial charge in [0.1, 0.15) is 15.3 Å². The van der Waals surface area contributed by atoms with E-state index in [9.17, 15) is 0 Å². The van der Waals surface area contributed by atoms with E-state index in [2.05, 4.69) is 40.3 Å². The smallest absolute Gasteiger partial charge is 0.306 e. The number of pyridine rings is 1. The molecule has 1 N–H and O–H groups in total. The van der Waals surface area contributed by atoms with Crippen molar-refractivity contribution in [3.63, 3.8) is 0 Å². The maximum absolute atomic E-state index is 6.24. The van der Waals surface area contributed by atoms with Gasteiger partial charge in [-0.1, -0.05) is 25.1 Å². The molecule has 6 heterocycles. The highest BCUT2D eigenvalue weighted by molar-refractivity contribution is 7.99. The lowest BCUT2D eigenvalue weighted by Crippen LogP contribution is -2.39. The lowest BCUT2D eigenvalue weighted by molar-refractivity contribution is -0.558. The van der Waals surface area contributed by atoms with Crippen LogP contribution in [0, 0.1) is 0 Å². The molecule has 174 valence electrons. The van der Waals surface area contributed by atoms with Crippen LogP contribution in [0.2, 0.25) is 0 Å². The fourth-order valence-electron chi connectivity index (χ4n) is 4.72. The molecule has 33 heavy (non-hydrogen) atoms. The highest BCUT2D eigenvalue weighted by Crippen LogP contribution is 2.43. The van der Waals surface area contributed by atoms with Crippen LogP contribution in [-0.2, 0) is 22.5 Å². The molecule has 6 rings (SSSR count). The Hall–Kier alpha value is -2.01. The van der Waals surface area contributed by atoms with Crippen LogP contribution in [0.25, 0.3) is 26.1 Å². The molecule has 0 atom stereocenters. The van der Waals surface area contributed by atoms with Crippen LogP contribution in [0.5, 0.6) is 0 Å². The molecule has 8 nitrogen and oxygen atoms in total. The van der Waals surface area contributed by atoms with Crippen molar-refractivity contribution in [3.05, 3.63) is 17.5 Å². The Kier molecular flexibility index (Phi) is 5.44. The minimum Gasteiger partial charge on any atom is -0.378 e. The van der Waals surface area contributed by atoms with Crippen molar-refractivity contribution in [1.29, 1.82) is 0 Å². The number of thioether (sulfide) groups is 1. The molecule has 2 aliphatic heterocycles. The number of morpholine rings is 1. The third-order valence-corrected chi connectivity index (χ3v) is 8.60. The first kappa shape index (κ1) is 21.5. The Morgan fingerprint density at radius 2 is 2.12 bits per heavy atom. The summed E-state index contributed by atoms with van der Waals surface area (Å²) in [6.07, 6.45) is 5.12. The molecule has 0 bridgehead atoms. The minimum absolute atomic E-state index is 0.215. The second-order valence-corrected chi connectivity index (χ2v) is 11.4. The van der Waals surface area contributed by atoms with Crippen LogP contribution < -0.4 is 9.30 Å². The number of aromatic amines is 1. The van der Waals surface area contributed by atoms with Crippen molar-refractivity contribution in [2.75, 3.05) is 37.0 Å².